The second-order valence-corrected chi connectivity index (χ2v) is 2.19. The first-order valence-electron chi connectivity index (χ1n) is 3.66. The molecule has 0 bridgehead atoms. The Morgan fingerprint density at radius 1 is 1.38 bits per heavy atom. The second-order valence-electron chi connectivity index (χ2n) is 2.19. The number of carbonyl (C=O) groups is 1. The number of rotatable bonds is 2. The van der Waals surface area contributed by atoms with Crippen LogP contribution in [0.5, 0.6) is 0 Å². The summed E-state index contributed by atoms with van der Waals surface area (Å²) in [6.07, 6.45) is 0.601. The fourth-order valence-electron chi connectivity index (χ4n) is 0.707. The summed E-state index contributed by atoms with van der Waals surface area (Å²) in [6.45, 7) is 0. The van der Waals surface area contributed by atoms with Crippen LogP contribution in [0.25, 0.3) is 0 Å². The van der Waals surface area contributed by atoms with E-state index in [1.807, 2.05) is 30.3 Å². The molecule has 13 heavy (non-hydrogen) atoms. The molecule has 0 aliphatic carbocycles. The van der Waals surface area contributed by atoms with Crippen molar-refractivity contribution >= 4 is 12.4 Å². The summed E-state index contributed by atoms with van der Waals surface area (Å²) in [5.74, 6) is 0. The van der Waals surface area contributed by atoms with Gasteiger partial charge in [-0.25, -0.2) is 4.79 Å². The molecule has 4 nitrogen and oxygen atoms in total. The van der Waals surface area contributed by atoms with Crippen LogP contribution >= 0.6 is 0 Å². The van der Waals surface area contributed by atoms with Crippen LogP contribution in [0.3, 0.4) is 0 Å². The van der Waals surface area contributed by atoms with Crippen molar-refractivity contribution in [2.75, 3.05) is 7.11 Å². The van der Waals surface area contributed by atoms with Crippen molar-refractivity contribution in [1.82, 2.24) is 0 Å². The van der Waals surface area contributed by atoms with Gasteiger partial charge < -0.3 is 4.74 Å². The zero-order valence-electron chi connectivity index (χ0n) is 7.14. The van der Waals surface area contributed by atoms with E-state index in [-0.39, 0.29) is 0 Å². The van der Waals surface area contributed by atoms with Crippen LogP contribution in [0.2, 0.25) is 0 Å². The normalized spacial score (nSPS) is 9.92. The smallest absolute Gasteiger partial charge is 0.436 e. The molecule has 0 aliphatic rings. The van der Waals surface area contributed by atoms with Crippen LogP contribution in [0, 0.1) is 0 Å². The summed E-state index contributed by atoms with van der Waals surface area (Å²) in [7, 11) is 1.22. The molecule has 1 aromatic rings. The molecule has 0 saturated carbocycles. The number of hydrogen-bond acceptors (Lipinski definition) is 4. The first-order chi connectivity index (χ1) is 6.33. The molecule has 0 N–H and O–H groups in total. The minimum atomic E-state index is -0.827. The van der Waals surface area contributed by atoms with Crippen LogP contribution in [-0.2, 0) is 9.57 Å². The van der Waals surface area contributed by atoms with Crippen molar-refractivity contribution in [3.8, 4) is 0 Å². The van der Waals surface area contributed by atoms with E-state index in [1.54, 1.807) is 0 Å². The average molecular weight is 179 g/mol. The van der Waals surface area contributed by atoms with Gasteiger partial charge in [0.1, 0.15) is 0 Å². The average Bonchev–Trinajstić information content (AvgIpc) is 2.19. The minimum Gasteiger partial charge on any atom is -0.436 e. The predicted octanol–water partition coefficient (Wildman–Crippen LogP) is 1.80. The zero-order chi connectivity index (χ0) is 9.52. The van der Waals surface area contributed by atoms with E-state index >= 15 is 0 Å². The van der Waals surface area contributed by atoms with Crippen molar-refractivity contribution < 1.29 is 14.4 Å². The van der Waals surface area contributed by atoms with Gasteiger partial charge >= 0.3 is 6.16 Å². The lowest BCUT2D eigenvalue weighted by atomic mass is 10.2. The van der Waals surface area contributed by atoms with Crippen LogP contribution < -0.4 is 0 Å². The lowest BCUT2D eigenvalue weighted by molar-refractivity contribution is 0.0759. The van der Waals surface area contributed by atoms with Gasteiger partial charge in [-0.05, 0) is 5.56 Å². The summed E-state index contributed by atoms with van der Waals surface area (Å²) >= 11 is 0. The number of carbonyl (C=O) groups excluding carboxylic acids is 1. The number of ether oxygens (including phenoxy) is 1. The van der Waals surface area contributed by atoms with Crippen LogP contribution in [-0.4, -0.2) is 19.5 Å². The summed E-state index contributed by atoms with van der Waals surface area (Å²) < 4.78 is 4.21. The van der Waals surface area contributed by atoms with Gasteiger partial charge in [-0.3, -0.25) is 4.84 Å². The maximum atomic E-state index is 10.4. The van der Waals surface area contributed by atoms with Crippen LogP contribution in [0.4, 0.5) is 4.79 Å². The first-order valence-corrected chi connectivity index (χ1v) is 3.66. The topological polar surface area (TPSA) is 47.9 Å². The molecule has 0 atom stereocenters. The van der Waals surface area contributed by atoms with E-state index in [0.29, 0.717) is 0 Å². The Labute approximate surface area is 75.8 Å². The molecule has 0 spiro atoms. The van der Waals surface area contributed by atoms with Crippen molar-refractivity contribution in [2.45, 2.75) is 0 Å². The van der Waals surface area contributed by atoms with Crippen molar-refractivity contribution in [3.05, 3.63) is 35.9 Å². The van der Waals surface area contributed by atoms with Crippen molar-refractivity contribution in [3.63, 3.8) is 0 Å². The van der Waals surface area contributed by atoms with Crippen LogP contribution in [0.15, 0.2) is 35.5 Å². The quantitative estimate of drug-likeness (QED) is 0.301. The number of oxime groups is 1. The SMILES string of the molecule is COC(=O)ON=Cc1ccccc1. The zero-order valence-corrected chi connectivity index (χ0v) is 7.14. The Kier molecular flexibility index (Phi) is 3.50. The Morgan fingerprint density at radius 3 is 2.69 bits per heavy atom. The molecule has 0 unspecified atom stereocenters. The lowest BCUT2D eigenvalue weighted by Gasteiger charge is -1.92. The molecule has 1 rings (SSSR count). The van der Waals surface area contributed by atoms with Gasteiger partial charge in [0.2, 0.25) is 0 Å². The summed E-state index contributed by atoms with van der Waals surface area (Å²) in [6, 6.07) is 9.28. The maximum Gasteiger partial charge on any atom is 0.534 e. The summed E-state index contributed by atoms with van der Waals surface area (Å²) in [5.41, 5.74) is 0.853. The van der Waals surface area contributed by atoms with Crippen LogP contribution in [0.1, 0.15) is 5.56 Å². The highest BCUT2D eigenvalue weighted by Crippen LogP contribution is 1.94. The molecule has 0 radical (unpaired) electrons. The number of hydrogen-bond donors (Lipinski definition) is 0. The molecule has 68 valence electrons. The highest BCUT2D eigenvalue weighted by atomic mass is 16.8. The molecule has 4 heteroatoms. The standard InChI is InChI=1S/C9H9NO3/c1-12-9(11)13-10-7-8-5-3-2-4-6-8/h2-7H,1H3. The number of nitrogens with zero attached hydrogens (tertiary/aromatic N) is 1. The minimum absolute atomic E-state index is 0.827. The van der Waals surface area contributed by atoms with E-state index in [9.17, 15) is 4.79 Å². The van der Waals surface area contributed by atoms with E-state index in [4.69, 9.17) is 0 Å². The molecule has 0 amide bonds. The van der Waals surface area contributed by atoms with Gasteiger partial charge in [0.15, 0.2) is 0 Å². The fourth-order valence-corrected chi connectivity index (χ4v) is 0.707. The molecule has 0 fully saturated rings. The second kappa shape index (κ2) is 4.92. The van der Waals surface area contributed by atoms with E-state index in [1.165, 1.54) is 13.3 Å². The highest BCUT2D eigenvalue weighted by molar-refractivity contribution is 5.79. The molecular formula is C9H9NO3. The third-order valence-corrected chi connectivity index (χ3v) is 1.30. The highest BCUT2D eigenvalue weighted by Gasteiger charge is 1.95. The van der Waals surface area contributed by atoms with E-state index in [0.717, 1.165) is 5.56 Å². The molecular weight excluding hydrogens is 170 g/mol. The maximum absolute atomic E-state index is 10.4. The monoisotopic (exact) mass is 179 g/mol. The van der Waals surface area contributed by atoms with Gasteiger partial charge in [-0.1, -0.05) is 35.5 Å². The number of benzene rings is 1. The fraction of sp³-hybridized carbons (Fsp3) is 0.111. The Hall–Kier alpha value is -1.84. The van der Waals surface area contributed by atoms with Crippen molar-refractivity contribution in [2.24, 2.45) is 5.16 Å². The Morgan fingerprint density at radius 2 is 2.08 bits per heavy atom. The third-order valence-electron chi connectivity index (χ3n) is 1.30. The Bertz CT molecular complexity index is 295. The molecule has 0 saturated heterocycles. The van der Waals surface area contributed by atoms with Gasteiger partial charge in [-0.15, -0.1) is 0 Å². The van der Waals surface area contributed by atoms with Gasteiger partial charge in [0, 0.05) is 0 Å². The van der Waals surface area contributed by atoms with E-state index < -0.39 is 6.16 Å². The Balaban J connectivity index is 2.45. The molecule has 0 aromatic heterocycles. The summed E-state index contributed by atoms with van der Waals surface area (Å²) in [4.78, 5) is 14.7. The van der Waals surface area contributed by atoms with E-state index in [2.05, 4.69) is 14.7 Å². The van der Waals surface area contributed by atoms with Crippen molar-refractivity contribution in [1.29, 1.82) is 0 Å². The molecule has 0 heterocycles. The molecule has 1 aromatic carbocycles. The largest absolute Gasteiger partial charge is 0.534 e. The molecule has 0 aliphatic heterocycles. The van der Waals surface area contributed by atoms with Gasteiger partial charge in [0.05, 0.1) is 13.3 Å². The van der Waals surface area contributed by atoms with Gasteiger partial charge in [0.25, 0.3) is 0 Å². The number of methoxy groups -OCH3 is 1. The lowest BCUT2D eigenvalue weighted by Crippen LogP contribution is -1.98. The van der Waals surface area contributed by atoms with Gasteiger partial charge in [-0.2, -0.15) is 0 Å². The predicted molar refractivity (Wildman–Crippen MR) is 47.5 cm³/mol. The third kappa shape index (κ3) is 3.37. The first kappa shape index (κ1) is 9.25. The summed E-state index contributed by atoms with van der Waals surface area (Å²) in [5, 5.41) is 3.41.